The van der Waals surface area contributed by atoms with Crippen molar-refractivity contribution in [1.29, 1.82) is 0 Å². The van der Waals surface area contributed by atoms with Crippen molar-refractivity contribution in [2.45, 2.75) is 26.1 Å². The van der Waals surface area contributed by atoms with Crippen molar-refractivity contribution in [2.24, 2.45) is 0 Å². The topological polar surface area (TPSA) is 76.1 Å². The summed E-state index contributed by atoms with van der Waals surface area (Å²) in [6, 6.07) is 7.44. The van der Waals surface area contributed by atoms with Crippen molar-refractivity contribution in [3.63, 3.8) is 0 Å². The largest absolute Gasteiger partial charge is 0.372 e. The van der Waals surface area contributed by atoms with Gasteiger partial charge >= 0.3 is 0 Å². The Labute approximate surface area is 156 Å². The molecule has 3 heterocycles. The molecule has 0 unspecified atom stereocenters. The molecule has 0 amide bonds. The number of ether oxygens (including phenoxy) is 1. The molecular weight excluding hydrogens is 352 g/mol. The number of hydrogen-bond acceptors (Lipinski definition) is 7. The first-order chi connectivity index (χ1) is 12.6. The normalized spacial score (nSPS) is 20.3. The minimum atomic E-state index is 0.118. The van der Waals surface area contributed by atoms with Crippen LogP contribution >= 0.6 is 11.6 Å². The van der Waals surface area contributed by atoms with Gasteiger partial charge in [0.05, 0.1) is 12.2 Å². The molecule has 1 fully saturated rings. The Bertz CT molecular complexity index is 909. The first-order valence-corrected chi connectivity index (χ1v) is 8.88. The zero-order chi connectivity index (χ0) is 18.1. The maximum absolute atomic E-state index is 5.97. The van der Waals surface area contributed by atoms with Gasteiger partial charge in [-0.05, 0) is 38.1 Å². The molecule has 3 aromatic rings. The number of fused-ring (bicyclic) bond motifs is 1. The lowest BCUT2D eigenvalue weighted by atomic mass is 10.2. The molecule has 1 saturated heterocycles. The number of anilines is 3. The fraction of sp³-hybridized carbons (Fsp3) is 0.333. The van der Waals surface area contributed by atoms with E-state index >= 15 is 0 Å². The Morgan fingerprint density at radius 2 is 1.73 bits per heavy atom. The molecule has 0 radical (unpaired) electrons. The second-order valence-corrected chi connectivity index (χ2v) is 6.83. The molecule has 1 aliphatic heterocycles. The van der Waals surface area contributed by atoms with Crippen LogP contribution in [0.15, 0.2) is 36.7 Å². The lowest BCUT2D eigenvalue weighted by molar-refractivity contribution is -0.00569. The zero-order valence-corrected chi connectivity index (χ0v) is 15.3. The van der Waals surface area contributed by atoms with E-state index in [1.165, 1.54) is 0 Å². The summed E-state index contributed by atoms with van der Waals surface area (Å²) < 4.78 is 5.81. The Morgan fingerprint density at radius 1 is 1.04 bits per heavy atom. The second kappa shape index (κ2) is 7.01. The molecule has 1 aromatic carbocycles. The summed E-state index contributed by atoms with van der Waals surface area (Å²) >= 11 is 5.97. The van der Waals surface area contributed by atoms with Gasteiger partial charge in [-0.2, -0.15) is 9.97 Å². The molecule has 0 aliphatic carbocycles. The van der Waals surface area contributed by atoms with Gasteiger partial charge < -0.3 is 15.0 Å². The summed E-state index contributed by atoms with van der Waals surface area (Å²) in [5.74, 6) is 1.24. The van der Waals surface area contributed by atoms with Crippen molar-refractivity contribution in [1.82, 2.24) is 19.9 Å². The molecule has 8 heteroatoms. The molecular formula is C18H19ClN6O. The first kappa shape index (κ1) is 16.9. The Balaban J connectivity index is 1.74. The molecule has 0 spiro atoms. The Morgan fingerprint density at radius 3 is 2.46 bits per heavy atom. The summed E-state index contributed by atoms with van der Waals surface area (Å²) in [7, 11) is 0. The van der Waals surface area contributed by atoms with E-state index in [9.17, 15) is 0 Å². The maximum atomic E-state index is 5.97. The number of hydrogen-bond donors (Lipinski definition) is 1. The minimum Gasteiger partial charge on any atom is -0.372 e. The quantitative estimate of drug-likeness (QED) is 0.756. The van der Waals surface area contributed by atoms with E-state index in [0.717, 1.165) is 18.8 Å². The van der Waals surface area contributed by atoms with Crippen molar-refractivity contribution in [3.05, 3.63) is 41.7 Å². The highest BCUT2D eigenvalue weighted by atomic mass is 35.5. The van der Waals surface area contributed by atoms with Crippen molar-refractivity contribution < 1.29 is 4.74 Å². The molecule has 2 atom stereocenters. The van der Waals surface area contributed by atoms with E-state index in [0.29, 0.717) is 28.0 Å². The van der Waals surface area contributed by atoms with Crippen molar-refractivity contribution >= 4 is 40.2 Å². The van der Waals surface area contributed by atoms with Crippen LogP contribution in [0.1, 0.15) is 13.8 Å². The van der Waals surface area contributed by atoms with E-state index in [-0.39, 0.29) is 12.2 Å². The summed E-state index contributed by atoms with van der Waals surface area (Å²) in [5.41, 5.74) is 2.05. The van der Waals surface area contributed by atoms with Crippen LogP contribution in [-0.4, -0.2) is 45.2 Å². The lowest BCUT2D eigenvalue weighted by Gasteiger charge is -2.35. The van der Waals surface area contributed by atoms with Crippen LogP contribution in [0.3, 0.4) is 0 Å². The van der Waals surface area contributed by atoms with Crippen molar-refractivity contribution in [2.75, 3.05) is 23.3 Å². The average molecular weight is 371 g/mol. The smallest absolute Gasteiger partial charge is 0.229 e. The van der Waals surface area contributed by atoms with Gasteiger partial charge in [0.15, 0.2) is 17.0 Å². The van der Waals surface area contributed by atoms with Gasteiger partial charge in [0.2, 0.25) is 5.95 Å². The predicted octanol–water partition coefficient (Wildman–Crippen LogP) is 3.43. The Hall–Kier alpha value is -2.51. The molecule has 7 nitrogen and oxygen atoms in total. The fourth-order valence-electron chi connectivity index (χ4n) is 3.09. The number of halogens is 1. The molecule has 0 saturated carbocycles. The number of nitrogens with one attached hydrogen (secondary N) is 1. The fourth-order valence-corrected chi connectivity index (χ4v) is 3.22. The van der Waals surface area contributed by atoms with Crippen LogP contribution in [-0.2, 0) is 4.74 Å². The van der Waals surface area contributed by atoms with E-state index < -0.39 is 0 Å². The van der Waals surface area contributed by atoms with Gasteiger partial charge in [0.25, 0.3) is 0 Å². The van der Waals surface area contributed by atoms with Crippen LogP contribution in [0.25, 0.3) is 11.2 Å². The van der Waals surface area contributed by atoms with E-state index in [4.69, 9.17) is 21.3 Å². The van der Waals surface area contributed by atoms with Crippen LogP contribution in [0.4, 0.5) is 17.5 Å². The van der Waals surface area contributed by atoms with E-state index in [1.54, 1.807) is 12.4 Å². The summed E-state index contributed by atoms with van der Waals surface area (Å²) in [4.78, 5) is 20.2. The number of benzene rings is 1. The van der Waals surface area contributed by atoms with Crippen LogP contribution in [0, 0.1) is 0 Å². The first-order valence-electron chi connectivity index (χ1n) is 8.50. The summed E-state index contributed by atoms with van der Waals surface area (Å²) in [6.45, 7) is 5.57. The van der Waals surface area contributed by atoms with Gasteiger partial charge in [0.1, 0.15) is 0 Å². The molecule has 2 aromatic heterocycles. The molecule has 1 aliphatic rings. The van der Waals surface area contributed by atoms with Crippen LogP contribution < -0.4 is 10.2 Å². The van der Waals surface area contributed by atoms with Gasteiger partial charge in [0, 0.05) is 36.2 Å². The molecule has 4 rings (SSSR count). The highest BCUT2D eigenvalue weighted by molar-refractivity contribution is 6.30. The second-order valence-electron chi connectivity index (χ2n) is 6.39. The standard InChI is InChI=1S/C18H19ClN6O/c1-11-9-25(10-12(2)26-11)18-23-16-15(20-7-8-21-16)17(24-18)22-14-5-3-13(19)4-6-14/h3-8,11-12H,9-10H2,1-2H3,(H,21,22,23,24)/t11-,12-/m0/s1. The number of aromatic nitrogens is 4. The Kier molecular flexibility index (Phi) is 4.57. The lowest BCUT2D eigenvalue weighted by Crippen LogP contribution is -2.46. The SMILES string of the molecule is C[C@H]1CN(c2nc(Nc3ccc(Cl)cc3)c3nccnc3n2)C[C@H](C)O1. The number of rotatable bonds is 3. The predicted molar refractivity (Wildman–Crippen MR) is 102 cm³/mol. The molecule has 0 bridgehead atoms. The zero-order valence-electron chi connectivity index (χ0n) is 14.6. The van der Waals surface area contributed by atoms with E-state index in [1.807, 2.05) is 24.3 Å². The summed E-state index contributed by atoms with van der Waals surface area (Å²) in [6.07, 6.45) is 3.51. The minimum absolute atomic E-state index is 0.118. The van der Waals surface area contributed by atoms with Gasteiger partial charge in [-0.1, -0.05) is 11.6 Å². The van der Waals surface area contributed by atoms with Gasteiger partial charge in [-0.25, -0.2) is 9.97 Å². The molecule has 1 N–H and O–H groups in total. The average Bonchev–Trinajstić information content (AvgIpc) is 2.63. The third-order valence-electron chi connectivity index (χ3n) is 4.13. The van der Waals surface area contributed by atoms with Gasteiger partial charge in [-0.15, -0.1) is 0 Å². The number of morpholine rings is 1. The molecule has 134 valence electrons. The molecule has 26 heavy (non-hydrogen) atoms. The maximum Gasteiger partial charge on any atom is 0.229 e. The highest BCUT2D eigenvalue weighted by Crippen LogP contribution is 2.26. The third-order valence-corrected chi connectivity index (χ3v) is 4.38. The van der Waals surface area contributed by atoms with E-state index in [2.05, 4.69) is 39.0 Å². The van der Waals surface area contributed by atoms with Crippen LogP contribution in [0.5, 0.6) is 0 Å². The van der Waals surface area contributed by atoms with Crippen molar-refractivity contribution in [3.8, 4) is 0 Å². The number of nitrogens with zero attached hydrogens (tertiary/aromatic N) is 5. The summed E-state index contributed by atoms with van der Waals surface area (Å²) in [5, 5.41) is 3.99. The van der Waals surface area contributed by atoms with Gasteiger partial charge in [-0.3, -0.25) is 0 Å². The monoisotopic (exact) mass is 370 g/mol. The highest BCUT2D eigenvalue weighted by Gasteiger charge is 2.25. The van der Waals surface area contributed by atoms with Crippen LogP contribution in [0.2, 0.25) is 5.02 Å². The third kappa shape index (κ3) is 3.54.